The molecule has 0 saturated heterocycles. The summed E-state index contributed by atoms with van der Waals surface area (Å²) >= 11 is 0. The summed E-state index contributed by atoms with van der Waals surface area (Å²) in [6.45, 7) is -0.335. The highest BCUT2D eigenvalue weighted by Crippen LogP contribution is 2.37. The van der Waals surface area contributed by atoms with Gasteiger partial charge in [0.15, 0.2) is 0 Å². The van der Waals surface area contributed by atoms with Gasteiger partial charge < -0.3 is 25.6 Å². The number of amides is 1. The number of nitrogens with one attached hydrogen (secondary N) is 1. The molecule has 2 aliphatic rings. The van der Waals surface area contributed by atoms with E-state index in [9.17, 15) is 4.79 Å². The maximum atomic E-state index is 11.8. The van der Waals surface area contributed by atoms with Gasteiger partial charge in [-0.25, -0.2) is 0 Å². The molecule has 4 N–H and O–H groups in total. The molecule has 0 radical (unpaired) electrons. The number of ether oxygens (including phenoxy) is 2. The van der Waals surface area contributed by atoms with Gasteiger partial charge in [0.1, 0.15) is 23.6 Å². The minimum absolute atomic E-state index is 0. The molecule has 7 heteroatoms. The highest BCUT2D eigenvalue weighted by atomic mass is 35.5. The summed E-state index contributed by atoms with van der Waals surface area (Å²) in [4.78, 5) is 11.8. The molecule has 1 aliphatic carbocycles. The predicted octanol–water partition coefficient (Wildman–Crippen LogP) is 3.30. The van der Waals surface area contributed by atoms with Crippen molar-refractivity contribution in [2.24, 2.45) is 5.73 Å². The van der Waals surface area contributed by atoms with E-state index in [0.29, 0.717) is 0 Å². The Balaban J connectivity index is 0.00000272. The van der Waals surface area contributed by atoms with Gasteiger partial charge in [-0.15, -0.1) is 12.4 Å². The van der Waals surface area contributed by atoms with Gasteiger partial charge >= 0.3 is 0 Å². The standard InChI is InChI=1S/C24H30N2O4.ClH/c25-21(15-27)24(28)26-18-7-9-19(10-8-18)29-20-11-13-23-17(14-20)6-12-22(30-23)16-4-2-1-3-5-16;/h1-5,11,13-14,18-19,21-22,27H,6-10,12,15,25H2,(H,26,28);1H/t18?,19?,21-,22?;/m0./s1. The first kappa shape index (κ1) is 23.4. The SMILES string of the molecule is Cl.N[C@@H](CO)C(=O)NC1CCC(Oc2ccc3c(c2)CCC(c2ccccc2)O3)CC1. The number of hydrogen-bond acceptors (Lipinski definition) is 5. The number of rotatable bonds is 6. The Bertz CT molecular complexity index is 856. The van der Waals surface area contributed by atoms with E-state index < -0.39 is 6.04 Å². The fourth-order valence-corrected chi connectivity index (χ4v) is 4.25. The van der Waals surface area contributed by atoms with Crippen LogP contribution in [0.1, 0.15) is 49.3 Å². The van der Waals surface area contributed by atoms with E-state index in [2.05, 4.69) is 23.5 Å². The third-order valence-electron chi connectivity index (χ3n) is 6.01. The molecule has 31 heavy (non-hydrogen) atoms. The van der Waals surface area contributed by atoms with Gasteiger partial charge in [-0.05, 0) is 67.9 Å². The third-order valence-corrected chi connectivity index (χ3v) is 6.01. The Morgan fingerprint density at radius 3 is 2.58 bits per heavy atom. The van der Waals surface area contributed by atoms with Gasteiger partial charge in [0.25, 0.3) is 0 Å². The molecule has 0 spiro atoms. The van der Waals surface area contributed by atoms with Crippen LogP contribution in [-0.2, 0) is 11.2 Å². The van der Waals surface area contributed by atoms with Crippen LogP contribution in [0.5, 0.6) is 11.5 Å². The van der Waals surface area contributed by atoms with E-state index in [1.54, 1.807) is 0 Å². The molecule has 2 atom stereocenters. The fraction of sp³-hybridized carbons (Fsp3) is 0.458. The van der Waals surface area contributed by atoms with Crippen molar-refractivity contribution in [2.45, 2.75) is 62.8 Å². The van der Waals surface area contributed by atoms with E-state index in [1.165, 1.54) is 11.1 Å². The maximum absolute atomic E-state index is 11.8. The van der Waals surface area contributed by atoms with Gasteiger partial charge in [0.2, 0.25) is 5.91 Å². The van der Waals surface area contributed by atoms with Crippen LogP contribution in [0.3, 0.4) is 0 Å². The number of carbonyl (C=O) groups is 1. The zero-order valence-electron chi connectivity index (χ0n) is 17.5. The first-order valence-electron chi connectivity index (χ1n) is 10.8. The predicted molar refractivity (Wildman–Crippen MR) is 122 cm³/mol. The number of aliphatic hydroxyl groups excluding tert-OH is 1. The Kier molecular flexibility index (Phi) is 8.18. The molecule has 1 aliphatic heterocycles. The second-order valence-corrected chi connectivity index (χ2v) is 8.21. The number of aryl methyl sites for hydroxylation is 1. The largest absolute Gasteiger partial charge is 0.490 e. The minimum atomic E-state index is -0.849. The van der Waals surface area contributed by atoms with Crippen LogP contribution in [0.4, 0.5) is 0 Å². The quantitative estimate of drug-likeness (QED) is 0.633. The molecule has 1 heterocycles. The number of fused-ring (bicyclic) bond motifs is 1. The van der Waals surface area contributed by atoms with Crippen molar-refractivity contribution in [2.75, 3.05) is 6.61 Å². The lowest BCUT2D eigenvalue weighted by Gasteiger charge is -2.31. The number of benzene rings is 2. The fourth-order valence-electron chi connectivity index (χ4n) is 4.25. The van der Waals surface area contributed by atoms with Gasteiger partial charge in [0.05, 0.1) is 12.7 Å². The van der Waals surface area contributed by atoms with E-state index in [0.717, 1.165) is 50.0 Å². The highest BCUT2D eigenvalue weighted by Gasteiger charge is 2.26. The van der Waals surface area contributed by atoms with Crippen LogP contribution >= 0.6 is 12.4 Å². The zero-order chi connectivity index (χ0) is 20.9. The molecule has 1 amide bonds. The van der Waals surface area contributed by atoms with Crippen molar-refractivity contribution >= 4 is 18.3 Å². The molecule has 2 aromatic carbocycles. The van der Waals surface area contributed by atoms with Crippen molar-refractivity contribution in [1.29, 1.82) is 0 Å². The maximum Gasteiger partial charge on any atom is 0.239 e. The molecule has 0 bridgehead atoms. The summed E-state index contributed by atoms with van der Waals surface area (Å²) in [6, 6.07) is 15.7. The van der Waals surface area contributed by atoms with Crippen molar-refractivity contribution in [1.82, 2.24) is 5.32 Å². The second-order valence-electron chi connectivity index (χ2n) is 8.21. The molecule has 1 fully saturated rings. The Morgan fingerprint density at radius 1 is 1.13 bits per heavy atom. The first-order valence-corrected chi connectivity index (χ1v) is 10.8. The molecule has 2 aromatic rings. The molecule has 4 rings (SSSR count). The molecule has 168 valence electrons. The van der Waals surface area contributed by atoms with Crippen LogP contribution in [0.2, 0.25) is 0 Å². The Labute approximate surface area is 189 Å². The third kappa shape index (κ3) is 5.91. The normalized spacial score (nSPS) is 23.5. The number of nitrogens with two attached hydrogens (primary N) is 1. The van der Waals surface area contributed by atoms with Gasteiger partial charge in [-0.3, -0.25) is 4.79 Å². The zero-order valence-corrected chi connectivity index (χ0v) is 18.4. The number of carbonyl (C=O) groups excluding carboxylic acids is 1. The average Bonchev–Trinajstić information content (AvgIpc) is 2.80. The minimum Gasteiger partial charge on any atom is -0.490 e. The van der Waals surface area contributed by atoms with Crippen molar-refractivity contribution in [3.63, 3.8) is 0 Å². The van der Waals surface area contributed by atoms with E-state index in [4.69, 9.17) is 20.3 Å². The van der Waals surface area contributed by atoms with Crippen molar-refractivity contribution in [3.8, 4) is 11.5 Å². The topological polar surface area (TPSA) is 93.8 Å². The molecule has 1 saturated carbocycles. The lowest BCUT2D eigenvalue weighted by atomic mass is 9.92. The summed E-state index contributed by atoms with van der Waals surface area (Å²) < 4.78 is 12.4. The number of aliphatic hydroxyl groups is 1. The summed E-state index contributed by atoms with van der Waals surface area (Å²) in [5, 5.41) is 11.9. The van der Waals surface area contributed by atoms with Crippen molar-refractivity contribution < 1.29 is 19.4 Å². The molecule has 6 nitrogen and oxygen atoms in total. The Morgan fingerprint density at radius 2 is 1.87 bits per heavy atom. The summed E-state index contributed by atoms with van der Waals surface area (Å²) in [5.41, 5.74) is 7.97. The van der Waals surface area contributed by atoms with E-state index >= 15 is 0 Å². The average molecular weight is 447 g/mol. The first-order chi connectivity index (χ1) is 14.6. The number of halogens is 1. The number of hydrogen-bond donors (Lipinski definition) is 3. The molecule has 0 aromatic heterocycles. The van der Waals surface area contributed by atoms with Crippen LogP contribution in [0, 0.1) is 0 Å². The van der Waals surface area contributed by atoms with Crippen LogP contribution in [0.25, 0.3) is 0 Å². The summed E-state index contributed by atoms with van der Waals surface area (Å²) in [7, 11) is 0. The lowest BCUT2D eigenvalue weighted by molar-refractivity contribution is -0.124. The molecular weight excluding hydrogens is 416 g/mol. The van der Waals surface area contributed by atoms with Gasteiger partial charge in [-0.2, -0.15) is 0 Å². The molecular formula is C24H31ClN2O4. The van der Waals surface area contributed by atoms with E-state index in [-0.39, 0.29) is 43.2 Å². The highest BCUT2D eigenvalue weighted by molar-refractivity contribution is 5.85. The summed E-state index contributed by atoms with van der Waals surface area (Å²) in [6.07, 6.45) is 5.63. The smallest absolute Gasteiger partial charge is 0.239 e. The summed E-state index contributed by atoms with van der Waals surface area (Å²) in [5.74, 6) is 1.53. The van der Waals surface area contributed by atoms with Gasteiger partial charge in [-0.1, -0.05) is 30.3 Å². The van der Waals surface area contributed by atoms with Crippen molar-refractivity contribution in [3.05, 3.63) is 59.7 Å². The van der Waals surface area contributed by atoms with Crippen LogP contribution in [-0.4, -0.2) is 35.8 Å². The lowest BCUT2D eigenvalue weighted by Crippen LogP contribution is -2.48. The van der Waals surface area contributed by atoms with Crippen LogP contribution < -0.4 is 20.5 Å². The molecule has 1 unspecified atom stereocenters. The Hall–Kier alpha value is -2.28. The second kappa shape index (κ2) is 10.8. The monoisotopic (exact) mass is 446 g/mol. The van der Waals surface area contributed by atoms with Crippen LogP contribution in [0.15, 0.2) is 48.5 Å². The van der Waals surface area contributed by atoms with Gasteiger partial charge in [0, 0.05) is 6.04 Å². The van der Waals surface area contributed by atoms with E-state index in [1.807, 2.05) is 30.3 Å².